The highest BCUT2D eigenvalue weighted by Crippen LogP contribution is 2.22. The minimum atomic E-state index is 0. The number of pyridine rings is 1. The highest BCUT2D eigenvalue weighted by Gasteiger charge is 2.16. The van der Waals surface area contributed by atoms with Crippen molar-refractivity contribution in [2.45, 2.75) is 26.7 Å². The van der Waals surface area contributed by atoms with Gasteiger partial charge in [-0.1, -0.05) is 36.4 Å². The second kappa shape index (κ2) is 11.1. The van der Waals surface area contributed by atoms with Crippen LogP contribution in [0, 0.1) is 6.92 Å². The van der Waals surface area contributed by atoms with Crippen LogP contribution in [0.4, 0.5) is 0 Å². The van der Waals surface area contributed by atoms with E-state index in [2.05, 4.69) is 71.5 Å². The van der Waals surface area contributed by atoms with Crippen LogP contribution in [0.3, 0.4) is 0 Å². The molecule has 0 radical (unpaired) electrons. The van der Waals surface area contributed by atoms with Crippen LogP contribution >= 0.6 is 24.0 Å². The van der Waals surface area contributed by atoms with Gasteiger partial charge in [0, 0.05) is 38.6 Å². The maximum absolute atomic E-state index is 4.85. The molecule has 2 aromatic rings. The Kier molecular flexibility index (Phi) is 8.78. The van der Waals surface area contributed by atoms with Crippen molar-refractivity contribution in [3.05, 3.63) is 71.6 Å². The standard InChI is InChI=1S/C22H28N4.HI/c1-3-24-22(25-14-10-19-9-13-23-17-18(19)2)26-15-11-21(12-16-26)20-7-5-4-6-8-20;/h4-9,11,13,17H,3,10,12,14-16H2,1-2H3,(H,24,25);1H. The van der Waals surface area contributed by atoms with E-state index in [-0.39, 0.29) is 24.0 Å². The fraction of sp³-hybridized carbons (Fsp3) is 0.364. The Morgan fingerprint density at radius 2 is 2.04 bits per heavy atom. The highest BCUT2D eigenvalue weighted by molar-refractivity contribution is 14.0. The molecule has 0 amide bonds. The molecule has 0 bridgehead atoms. The van der Waals surface area contributed by atoms with E-state index in [1.54, 1.807) is 0 Å². The van der Waals surface area contributed by atoms with Gasteiger partial charge < -0.3 is 10.2 Å². The predicted octanol–water partition coefficient (Wildman–Crippen LogP) is 4.31. The molecule has 0 spiro atoms. The Morgan fingerprint density at radius 1 is 1.22 bits per heavy atom. The molecule has 0 aliphatic carbocycles. The summed E-state index contributed by atoms with van der Waals surface area (Å²) >= 11 is 0. The van der Waals surface area contributed by atoms with Crippen LogP contribution in [-0.4, -0.2) is 42.0 Å². The number of rotatable bonds is 5. The summed E-state index contributed by atoms with van der Waals surface area (Å²) in [6.07, 6.45) is 8.11. The lowest BCUT2D eigenvalue weighted by Crippen LogP contribution is -2.43. The molecule has 0 saturated heterocycles. The number of halogens is 1. The van der Waals surface area contributed by atoms with Gasteiger partial charge in [0.05, 0.1) is 0 Å². The van der Waals surface area contributed by atoms with Crippen LogP contribution in [0.15, 0.2) is 59.9 Å². The Labute approximate surface area is 179 Å². The number of nitrogens with one attached hydrogen (secondary N) is 1. The van der Waals surface area contributed by atoms with E-state index in [0.29, 0.717) is 0 Å². The van der Waals surface area contributed by atoms with Gasteiger partial charge in [0.25, 0.3) is 0 Å². The lowest BCUT2D eigenvalue weighted by atomic mass is 10.00. The number of aromatic nitrogens is 1. The van der Waals surface area contributed by atoms with E-state index in [1.165, 1.54) is 22.3 Å². The molecule has 144 valence electrons. The van der Waals surface area contributed by atoms with Crippen LogP contribution in [0.1, 0.15) is 30.0 Å². The molecule has 27 heavy (non-hydrogen) atoms. The third kappa shape index (κ3) is 6.06. The quantitative estimate of drug-likeness (QED) is 0.398. The second-order valence-corrected chi connectivity index (χ2v) is 6.58. The first-order chi connectivity index (χ1) is 12.8. The number of guanidine groups is 1. The van der Waals surface area contributed by atoms with Gasteiger partial charge in [0.15, 0.2) is 5.96 Å². The molecular formula is C22H29IN4. The fourth-order valence-corrected chi connectivity index (χ4v) is 3.27. The molecule has 1 N–H and O–H groups in total. The van der Waals surface area contributed by atoms with Crippen molar-refractivity contribution >= 4 is 35.5 Å². The van der Waals surface area contributed by atoms with Crippen molar-refractivity contribution in [3.8, 4) is 0 Å². The van der Waals surface area contributed by atoms with Gasteiger partial charge in [0.2, 0.25) is 0 Å². The Balaban J connectivity index is 0.00000261. The van der Waals surface area contributed by atoms with Crippen LogP contribution in [-0.2, 0) is 6.42 Å². The maximum atomic E-state index is 4.85. The molecule has 4 nitrogen and oxygen atoms in total. The monoisotopic (exact) mass is 476 g/mol. The number of aryl methyl sites for hydroxylation is 1. The predicted molar refractivity (Wildman–Crippen MR) is 125 cm³/mol. The lowest BCUT2D eigenvalue weighted by Gasteiger charge is -2.30. The van der Waals surface area contributed by atoms with E-state index in [1.807, 2.05) is 12.4 Å². The van der Waals surface area contributed by atoms with Crippen molar-refractivity contribution in [1.82, 2.24) is 15.2 Å². The van der Waals surface area contributed by atoms with E-state index in [9.17, 15) is 0 Å². The van der Waals surface area contributed by atoms with E-state index in [0.717, 1.165) is 45.0 Å². The van der Waals surface area contributed by atoms with Crippen LogP contribution < -0.4 is 5.32 Å². The molecule has 3 rings (SSSR count). The van der Waals surface area contributed by atoms with E-state index >= 15 is 0 Å². The zero-order valence-corrected chi connectivity index (χ0v) is 18.5. The van der Waals surface area contributed by atoms with Crippen LogP contribution in [0.2, 0.25) is 0 Å². The Bertz CT molecular complexity index is 771. The second-order valence-electron chi connectivity index (χ2n) is 6.58. The molecule has 5 heteroatoms. The lowest BCUT2D eigenvalue weighted by molar-refractivity contribution is 0.440. The third-order valence-corrected chi connectivity index (χ3v) is 4.77. The summed E-state index contributed by atoms with van der Waals surface area (Å²) in [4.78, 5) is 11.4. The van der Waals surface area contributed by atoms with E-state index < -0.39 is 0 Å². The zero-order chi connectivity index (χ0) is 18.2. The maximum Gasteiger partial charge on any atom is 0.194 e. The summed E-state index contributed by atoms with van der Waals surface area (Å²) in [6.45, 7) is 7.82. The van der Waals surface area contributed by atoms with Gasteiger partial charge >= 0.3 is 0 Å². The van der Waals surface area contributed by atoms with Gasteiger partial charge in [-0.25, -0.2) is 0 Å². The van der Waals surface area contributed by atoms with Crippen LogP contribution in [0.25, 0.3) is 5.57 Å². The molecule has 1 aromatic carbocycles. The molecule has 1 aliphatic heterocycles. The Morgan fingerprint density at radius 3 is 2.70 bits per heavy atom. The average Bonchev–Trinajstić information content (AvgIpc) is 2.69. The molecule has 1 aromatic heterocycles. The van der Waals surface area contributed by atoms with Gasteiger partial charge in [-0.3, -0.25) is 9.98 Å². The normalized spacial score (nSPS) is 14.4. The summed E-state index contributed by atoms with van der Waals surface area (Å²) in [5.41, 5.74) is 5.33. The minimum Gasteiger partial charge on any atom is -0.357 e. The summed E-state index contributed by atoms with van der Waals surface area (Å²) in [5, 5.41) is 3.44. The average molecular weight is 476 g/mol. The third-order valence-electron chi connectivity index (χ3n) is 4.77. The highest BCUT2D eigenvalue weighted by atomic mass is 127. The summed E-state index contributed by atoms with van der Waals surface area (Å²) in [7, 11) is 0. The molecule has 0 unspecified atom stereocenters. The van der Waals surface area contributed by atoms with Crippen LogP contribution in [0.5, 0.6) is 0 Å². The van der Waals surface area contributed by atoms with Crippen molar-refractivity contribution in [3.63, 3.8) is 0 Å². The van der Waals surface area contributed by atoms with Crippen molar-refractivity contribution in [1.29, 1.82) is 0 Å². The first kappa shape index (κ1) is 21.4. The van der Waals surface area contributed by atoms with Gasteiger partial charge in [0.1, 0.15) is 0 Å². The fourth-order valence-electron chi connectivity index (χ4n) is 3.27. The molecule has 0 atom stereocenters. The van der Waals surface area contributed by atoms with Gasteiger partial charge in [-0.15, -0.1) is 24.0 Å². The number of aliphatic imine (C=N–C) groups is 1. The Hall–Kier alpha value is -1.89. The zero-order valence-electron chi connectivity index (χ0n) is 16.2. The minimum absolute atomic E-state index is 0. The smallest absolute Gasteiger partial charge is 0.194 e. The number of nitrogens with zero attached hydrogens (tertiary/aromatic N) is 3. The molecule has 1 aliphatic rings. The molecular weight excluding hydrogens is 447 g/mol. The molecule has 0 saturated carbocycles. The SMILES string of the molecule is CCNC(=NCCc1ccncc1C)N1CC=C(c2ccccc2)CC1.I. The van der Waals surface area contributed by atoms with Gasteiger partial charge in [-0.05, 0) is 55.0 Å². The van der Waals surface area contributed by atoms with Crippen molar-refractivity contribution < 1.29 is 0 Å². The molecule has 2 heterocycles. The number of benzene rings is 1. The van der Waals surface area contributed by atoms with Crippen molar-refractivity contribution in [2.75, 3.05) is 26.2 Å². The first-order valence-corrected chi connectivity index (χ1v) is 9.45. The molecule has 0 fully saturated rings. The van der Waals surface area contributed by atoms with E-state index in [4.69, 9.17) is 4.99 Å². The summed E-state index contributed by atoms with van der Waals surface area (Å²) in [6, 6.07) is 12.8. The topological polar surface area (TPSA) is 40.5 Å². The number of hydrogen-bond acceptors (Lipinski definition) is 2. The largest absolute Gasteiger partial charge is 0.357 e. The number of hydrogen-bond donors (Lipinski definition) is 1. The summed E-state index contributed by atoms with van der Waals surface area (Å²) < 4.78 is 0. The van der Waals surface area contributed by atoms with Crippen molar-refractivity contribution in [2.24, 2.45) is 4.99 Å². The first-order valence-electron chi connectivity index (χ1n) is 9.45. The summed E-state index contributed by atoms with van der Waals surface area (Å²) in [5.74, 6) is 1.02. The van der Waals surface area contributed by atoms with Gasteiger partial charge in [-0.2, -0.15) is 0 Å².